The Labute approximate surface area is 146 Å². The first-order chi connectivity index (χ1) is 11.9. The van der Waals surface area contributed by atoms with Crippen molar-refractivity contribution >= 4 is 15.7 Å². The zero-order chi connectivity index (χ0) is 17.9. The summed E-state index contributed by atoms with van der Waals surface area (Å²) >= 11 is 0. The third-order valence-corrected chi connectivity index (χ3v) is 5.67. The molecular formula is C18H20F2N2O2S. The molecule has 0 unspecified atom stereocenters. The highest BCUT2D eigenvalue weighted by atomic mass is 32.2. The number of hydrogen-bond donors (Lipinski definition) is 1. The quantitative estimate of drug-likeness (QED) is 0.855. The summed E-state index contributed by atoms with van der Waals surface area (Å²) in [7, 11) is -3.39. The molecular weight excluding hydrogens is 346 g/mol. The van der Waals surface area contributed by atoms with E-state index in [1.165, 1.54) is 6.07 Å². The van der Waals surface area contributed by atoms with Crippen molar-refractivity contribution in [2.45, 2.75) is 12.2 Å². The summed E-state index contributed by atoms with van der Waals surface area (Å²) in [6.07, 6.45) is 0.798. The summed E-state index contributed by atoms with van der Waals surface area (Å²) in [6.45, 7) is 1.64. The van der Waals surface area contributed by atoms with E-state index in [1.807, 2.05) is 23.1 Å². The van der Waals surface area contributed by atoms with Crippen molar-refractivity contribution in [3.63, 3.8) is 0 Å². The molecule has 1 aliphatic heterocycles. The van der Waals surface area contributed by atoms with Crippen LogP contribution >= 0.6 is 0 Å². The Hall–Kier alpha value is -1.99. The summed E-state index contributed by atoms with van der Waals surface area (Å²) in [6, 6.07) is 12.8. The smallest absolute Gasteiger partial charge is 0.215 e. The summed E-state index contributed by atoms with van der Waals surface area (Å²) in [5.74, 6) is -1.65. The van der Waals surface area contributed by atoms with E-state index < -0.39 is 21.7 Å². The fourth-order valence-electron chi connectivity index (χ4n) is 3.01. The molecule has 1 saturated heterocycles. The van der Waals surface area contributed by atoms with Gasteiger partial charge >= 0.3 is 0 Å². The largest absolute Gasteiger partial charge is 0.371 e. The van der Waals surface area contributed by atoms with Crippen LogP contribution in [0, 0.1) is 17.6 Å². The van der Waals surface area contributed by atoms with Gasteiger partial charge in [0.05, 0.1) is 5.75 Å². The molecule has 1 heterocycles. The van der Waals surface area contributed by atoms with Gasteiger partial charge < -0.3 is 4.90 Å². The lowest BCUT2D eigenvalue weighted by Gasteiger charge is -2.19. The molecule has 7 heteroatoms. The molecule has 0 amide bonds. The van der Waals surface area contributed by atoms with E-state index in [-0.39, 0.29) is 11.7 Å². The molecule has 1 aliphatic rings. The maximum Gasteiger partial charge on any atom is 0.215 e. The molecule has 0 aliphatic carbocycles. The molecule has 4 nitrogen and oxygen atoms in total. The molecule has 25 heavy (non-hydrogen) atoms. The normalized spacial score (nSPS) is 17.8. The fraction of sp³-hybridized carbons (Fsp3) is 0.333. The molecule has 134 valence electrons. The van der Waals surface area contributed by atoms with Crippen molar-refractivity contribution < 1.29 is 17.2 Å². The van der Waals surface area contributed by atoms with Crippen LogP contribution in [0.2, 0.25) is 0 Å². The van der Waals surface area contributed by atoms with Crippen LogP contribution in [0.25, 0.3) is 0 Å². The maximum atomic E-state index is 13.3. The van der Waals surface area contributed by atoms with Crippen LogP contribution in [-0.2, 0) is 15.8 Å². The molecule has 0 aromatic heterocycles. The van der Waals surface area contributed by atoms with Crippen LogP contribution in [0.3, 0.4) is 0 Å². The van der Waals surface area contributed by atoms with Crippen molar-refractivity contribution in [1.29, 1.82) is 0 Å². The lowest BCUT2D eigenvalue weighted by atomic mass is 10.1. The number of benzene rings is 2. The summed E-state index contributed by atoms with van der Waals surface area (Å²) in [5.41, 5.74) is 1.36. The van der Waals surface area contributed by atoms with Gasteiger partial charge in [-0.25, -0.2) is 21.9 Å². The third-order valence-electron chi connectivity index (χ3n) is 4.35. The second-order valence-corrected chi connectivity index (χ2v) is 8.10. The van der Waals surface area contributed by atoms with Crippen LogP contribution in [-0.4, -0.2) is 28.1 Å². The van der Waals surface area contributed by atoms with Crippen molar-refractivity contribution in [2.75, 3.05) is 24.5 Å². The minimum absolute atomic E-state index is 0.0482. The summed E-state index contributed by atoms with van der Waals surface area (Å²) in [4.78, 5) is 1.94. The van der Waals surface area contributed by atoms with Gasteiger partial charge in [0.15, 0.2) is 11.6 Å². The van der Waals surface area contributed by atoms with Gasteiger partial charge in [0.1, 0.15) is 0 Å². The van der Waals surface area contributed by atoms with E-state index in [0.717, 1.165) is 18.1 Å². The average molecular weight is 366 g/mol. The number of rotatable bonds is 6. The number of nitrogens with zero attached hydrogens (tertiary/aromatic N) is 1. The van der Waals surface area contributed by atoms with E-state index >= 15 is 0 Å². The molecule has 1 atom stereocenters. The third kappa shape index (κ3) is 4.76. The number of nitrogens with one attached hydrogen (secondary N) is 1. The highest BCUT2D eigenvalue weighted by molar-refractivity contribution is 7.88. The Bertz CT molecular complexity index is 828. The fourth-order valence-corrected chi connectivity index (χ4v) is 4.23. The predicted molar refractivity (Wildman–Crippen MR) is 93.7 cm³/mol. The van der Waals surface area contributed by atoms with E-state index in [4.69, 9.17) is 0 Å². The molecule has 0 radical (unpaired) electrons. The van der Waals surface area contributed by atoms with Gasteiger partial charge in [-0.05, 0) is 30.0 Å². The topological polar surface area (TPSA) is 49.4 Å². The van der Waals surface area contributed by atoms with E-state index in [9.17, 15) is 17.2 Å². The first-order valence-electron chi connectivity index (χ1n) is 8.14. The van der Waals surface area contributed by atoms with Crippen molar-refractivity contribution in [3.8, 4) is 0 Å². The van der Waals surface area contributed by atoms with Crippen molar-refractivity contribution in [3.05, 3.63) is 65.7 Å². The van der Waals surface area contributed by atoms with Crippen LogP contribution in [0.15, 0.2) is 48.5 Å². The number of halogens is 2. The van der Waals surface area contributed by atoms with Gasteiger partial charge in [-0.3, -0.25) is 0 Å². The molecule has 2 aromatic carbocycles. The molecule has 3 rings (SSSR count). The van der Waals surface area contributed by atoms with Gasteiger partial charge in [0.25, 0.3) is 0 Å². The first-order valence-corrected chi connectivity index (χ1v) is 9.79. The minimum atomic E-state index is -3.39. The van der Waals surface area contributed by atoms with Crippen LogP contribution < -0.4 is 9.62 Å². The van der Waals surface area contributed by atoms with E-state index in [1.54, 1.807) is 18.2 Å². The van der Waals surface area contributed by atoms with Crippen LogP contribution in [0.5, 0.6) is 0 Å². The van der Waals surface area contributed by atoms with Gasteiger partial charge in [-0.15, -0.1) is 0 Å². The van der Waals surface area contributed by atoms with E-state index in [0.29, 0.717) is 25.3 Å². The zero-order valence-corrected chi connectivity index (χ0v) is 14.5. The highest BCUT2D eigenvalue weighted by Gasteiger charge is 2.25. The Balaban J connectivity index is 1.53. The van der Waals surface area contributed by atoms with Crippen LogP contribution in [0.1, 0.15) is 12.0 Å². The lowest BCUT2D eigenvalue weighted by molar-refractivity contribution is 0.508. The Morgan fingerprint density at radius 1 is 1.08 bits per heavy atom. The second kappa shape index (κ2) is 7.49. The minimum Gasteiger partial charge on any atom is -0.371 e. The Morgan fingerprint density at radius 2 is 1.84 bits per heavy atom. The number of anilines is 1. The highest BCUT2D eigenvalue weighted by Crippen LogP contribution is 2.25. The molecule has 1 N–H and O–H groups in total. The predicted octanol–water partition coefficient (Wildman–Crippen LogP) is 2.91. The molecule has 0 bridgehead atoms. The molecule has 0 spiro atoms. The Morgan fingerprint density at radius 3 is 2.56 bits per heavy atom. The van der Waals surface area contributed by atoms with E-state index in [2.05, 4.69) is 4.72 Å². The molecule has 2 aromatic rings. The Kier molecular flexibility index (Phi) is 5.34. The van der Waals surface area contributed by atoms with Crippen molar-refractivity contribution in [1.82, 2.24) is 4.72 Å². The van der Waals surface area contributed by atoms with Crippen LogP contribution in [0.4, 0.5) is 14.5 Å². The number of sulfonamides is 1. The second-order valence-electron chi connectivity index (χ2n) is 6.29. The first kappa shape index (κ1) is 17.8. The van der Waals surface area contributed by atoms with Gasteiger partial charge in [-0.2, -0.15) is 0 Å². The average Bonchev–Trinajstić information content (AvgIpc) is 3.05. The summed E-state index contributed by atoms with van der Waals surface area (Å²) in [5, 5.41) is 0. The maximum absolute atomic E-state index is 13.3. The monoisotopic (exact) mass is 366 g/mol. The molecule has 0 saturated carbocycles. The lowest BCUT2D eigenvalue weighted by Crippen LogP contribution is -2.32. The van der Waals surface area contributed by atoms with Gasteiger partial charge in [0, 0.05) is 31.4 Å². The van der Waals surface area contributed by atoms with Crippen molar-refractivity contribution in [2.24, 2.45) is 5.92 Å². The number of hydrogen-bond acceptors (Lipinski definition) is 3. The summed E-state index contributed by atoms with van der Waals surface area (Å²) < 4.78 is 53.4. The SMILES string of the molecule is O=S(=O)(Cc1ccccc1)NC[C@H]1CCN(c2ccc(F)c(F)c2)C1. The zero-order valence-electron chi connectivity index (χ0n) is 13.7. The van der Waals surface area contributed by atoms with Gasteiger partial charge in [-0.1, -0.05) is 30.3 Å². The molecule has 1 fully saturated rings. The van der Waals surface area contributed by atoms with Gasteiger partial charge in [0.2, 0.25) is 10.0 Å². The standard InChI is InChI=1S/C18H20F2N2O2S/c19-17-7-6-16(10-18(17)20)22-9-8-15(12-22)11-21-25(23,24)13-14-4-2-1-3-5-14/h1-7,10,15,21H,8-9,11-13H2/t15-/m1/s1.